The summed E-state index contributed by atoms with van der Waals surface area (Å²) in [5, 5.41) is 9.13. The van der Waals surface area contributed by atoms with Crippen LogP contribution in [0.4, 0.5) is 0 Å². The molecule has 2 nitrogen and oxygen atoms in total. The maximum Gasteiger partial charge on any atom is 0.0648 e. The maximum atomic E-state index is 9.13. The fourth-order valence-corrected chi connectivity index (χ4v) is 11.7. The van der Waals surface area contributed by atoms with Gasteiger partial charge in [-0.25, -0.2) is 0 Å². The van der Waals surface area contributed by atoms with Crippen molar-refractivity contribution in [2.45, 2.75) is 51.2 Å². The second-order valence-electron chi connectivity index (χ2n) is 11.8. The number of nitrogens with zero attached hydrogens (tertiary/aromatic N) is 1. The van der Waals surface area contributed by atoms with Crippen LogP contribution in [0.3, 0.4) is 0 Å². The standard InChI is InChI=1S/C25H31NO/c1-10-13(3-2-6-26)15-8-14(10)20-21(15)25-23-17-9-16(22(23)24(20)27-25)18-11-4-5-12(7-11)19(17)18/h4-5,10-25H,2-3,7-9H2,1H3. The van der Waals surface area contributed by atoms with Crippen LogP contribution in [-0.2, 0) is 4.74 Å². The van der Waals surface area contributed by atoms with E-state index in [4.69, 9.17) is 10.00 Å². The smallest absolute Gasteiger partial charge is 0.0648 e. The summed E-state index contributed by atoms with van der Waals surface area (Å²) in [6.45, 7) is 2.52. The number of allylic oxidation sites excluding steroid dienone is 2. The van der Waals surface area contributed by atoms with Crippen molar-refractivity contribution < 1.29 is 4.74 Å². The summed E-state index contributed by atoms with van der Waals surface area (Å²) in [5.74, 6) is 13.0. The first kappa shape index (κ1) is 15.1. The van der Waals surface area contributed by atoms with Crippen molar-refractivity contribution in [3.63, 3.8) is 0 Å². The first-order valence-electron chi connectivity index (χ1n) is 12.0. The summed E-state index contributed by atoms with van der Waals surface area (Å²) in [4.78, 5) is 0. The topological polar surface area (TPSA) is 33.0 Å². The van der Waals surface area contributed by atoms with Crippen LogP contribution >= 0.6 is 0 Å². The van der Waals surface area contributed by atoms with E-state index in [0.29, 0.717) is 12.2 Å². The molecule has 0 N–H and O–H groups in total. The van der Waals surface area contributed by atoms with E-state index >= 15 is 0 Å². The van der Waals surface area contributed by atoms with Gasteiger partial charge >= 0.3 is 0 Å². The normalized spacial score (nSPS) is 69.9. The molecule has 8 rings (SSSR count). The number of rotatable bonds is 2. The van der Waals surface area contributed by atoms with E-state index in [9.17, 15) is 0 Å². The molecule has 2 heteroatoms. The van der Waals surface area contributed by atoms with Crippen LogP contribution in [0.15, 0.2) is 12.2 Å². The summed E-state index contributed by atoms with van der Waals surface area (Å²) < 4.78 is 6.94. The Kier molecular flexibility index (Phi) is 2.61. The summed E-state index contributed by atoms with van der Waals surface area (Å²) in [6.07, 6.45) is 12.8. The molecule has 0 spiro atoms. The lowest BCUT2D eigenvalue weighted by atomic mass is 9.53. The van der Waals surface area contributed by atoms with Gasteiger partial charge in [-0.3, -0.25) is 0 Å². The Balaban J connectivity index is 1.15. The van der Waals surface area contributed by atoms with Crippen molar-refractivity contribution in [2.75, 3.05) is 0 Å². The highest BCUT2D eigenvalue weighted by atomic mass is 16.5. The molecule has 6 aliphatic carbocycles. The molecule has 8 aliphatic rings. The van der Waals surface area contributed by atoms with E-state index < -0.39 is 0 Å². The second-order valence-corrected chi connectivity index (χ2v) is 11.8. The molecule has 16 unspecified atom stereocenters. The van der Waals surface area contributed by atoms with Gasteiger partial charge in [-0.15, -0.1) is 0 Å². The van der Waals surface area contributed by atoms with E-state index in [1.807, 2.05) is 0 Å². The molecule has 0 amide bonds. The van der Waals surface area contributed by atoms with Crippen LogP contribution in [-0.4, -0.2) is 12.2 Å². The molecular weight excluding hydrogens is 330 g/mol. The fourth-order valence-electron chi connectivity index (χ4n) is 11.7. The lowest BCUT2D eigenvalue weighted by Gasteiger charge is -2.49. The van der Waals surface area contributed by atoms with Gasteiger partial charge < -0.3 is 4.74 Å². The van der Waals surface area contributed by atoms with Gasteiger partial charge in [0.2, 0.25) is 0 Å². The van der Waals surface area contributed by atoms with Crippen molar-refractivity contribution in [3.8, 4) is 6.07 Å². The van der Waals surface area contributed by atoms with Crippen LogP contribution in [0.5, 0.6) is 0 Å². The Morgan fingerprint density at radius 1 is 0.815 bits per heavy atom. The first-order chi connectivity index (χ1) is 13.3. The van der Waals surface area contributed by atoms with Crippen LogP contribution in [0.2, 0.25) is 0 Å². The third-order valence-electron chi connectivity index (χ3n) is 11.8. The van der Waals surface area contributed by atoms with Crippen molar-refractivity contribution in [1.82, 2.24) is 0 Å². The molecule has 2 heterocycles. The summed E-state index contributed by atoms with van der Waals surface area (Å²) >= 11 is 0. The van der Waals surface area contributed by atoms with E-state index in [1.165, 1.54) is 12.8 Å². The lowest BCUT2D eigenvalue weighted by molar-refractivity contribution is -0.00382. The Morgan fingerprint density at radius 2 is 1.41 bits per heavy atom. The molecule has 27 heavy (non-hydrogen) atoms. The van der Waals surface area contributed by atoms with Gasteiger partial charge in [0.15, 0.2) is 0 Å². The van der Waals surface area contributed by atoms with E-state index in [2.05, 4.69) is 25.1 Å². The van der Waals surface area contributed by atoms with Crippen LogP contribution < -0.4 is 0 Å². The van der Waals surface area contributed by atoms with Crippen LogP contribution in [0, 0.1) is 94.2 Å². The molecule has 142 valence electrons. The fraction of sp³-hybridized carbons (Fsp3) is 0.880. The minimum absolute atomic E-state index is 0.608. The minimum Gasteiger partial charge on any atom is -0.374 e. The predicted octanol–water partition coefficient (Wildman–Crippen LogP) is 4.53. The molecule has 0 aromatic carbocycles. The number of nitriles is 1. The average Bonchev–Trinajstić information content (AvgIpc) is 3.50. The second kappa shape index (κ2) is 4.67. The van der Waals surface area contributed by atoms with Crippen LogP contribution in [0.1, 0.15) is 39.0 Å². The van der Waals surface area contributed by atoms with Crippen molar-refractivity contribution in [1.29, 1.82) is 5.26 Å². The van der Waals surface area contributed by atoms with Gasteiger partial charge in [0.25, 0.3) is 0 Å². The Hall–Kier alpha value is -0.810. The highest BCUT2D eigenvalue weighted by molar-refractivity contribution is 5.28. The van der Waals surface area contributed by atoms with Gasteiger partial charge in [0, 0.05) is 6.42 Å². The van der Waals surface area contributed by atoms with Crippen molar-refractivity contribution in [2.24, 2.45) is 82.9 Å². The third kappa shape index (κ3) is 1.46. The van der Waals surface area contributed by atoms with Crippen molar-refractivity contribution in [3.05, 3.63) is 12.2 Å². The lowest BCUT2D eigenvalue weighted by Crippen LogP contribution is -2.51. The average molecular weight is 362 g/mol. The van der Waals surface area contributed by atoms with E-state index in [1.54, 1.807) is 6.42 Å². The number of hydrogen-bond acceptors (Lipinski definition) is 2. The SMILES string of the molecule is CC1C(CCC#N)C2CC1C1C3OC(C21)C1C2CC(C4C5C=CC(C5)C24)C31. The number of ether oxygens (including phenoxy) is 1. The molecule has 0 aromatic heterocycles. The molecule has 0 radical (unpaired) electrons. The highest BCUT2D eigenvalue weighted by Crippen LogP contribution is 2.78. The molecule has 7 fully saturated rings. The van der Waals surface area contributed by atoms with Gasteiger partial charge in [-0.2, -0.15) is 5.26 Å². The van der Waals surface area contributed by atoms with Gasteiger partial charge in [-0.1, -0.05) is 19.1 Å². The molecule has 2 aliphatic heterocycles. The molecule has 16 atom stereocenters. The van der Waals surface area contributed by atoms with Gasteiger partial charge in [0.05, 0.1) is 18.3 Å². The van der Waals surface area contributed by atoms with E-state index in [0.717, 1.165) is 95.7 Å². The summed E-state index contributed by atoms with van der Waals surface area (Å²) in [5.41, 5.74) is 0. The van der Waals surface area contributed by atoms with Crippen molar-refractivity contribution >= 4 is 0 Å². The van der Waals surface area contributed by atoms with Gasteiger partial charge in [0.1, 0.15) is 0 Å². The Morgan fingerprint density at radius 3 is 2.07 bits per heavy atom. The summed E-state index contributed by atoms with van der Waals surface area (Å²) in [6, 6.07) is 2.43. The van der Waals surface area contributed by atoms with Crippen LogP contribution in [0.25, 0.3) is 0 Å². The number of hydrogen-bond donors (Lipinski definition) is 0. The summed E-state index contributed by atoms with van der Waals surface area (Å²) in [7, 11) is 0. The maximum absolute atomic E-state index is 9.13. The number of fused-ring (bicyclic) bond motifs is 23. The molecule has 5 saturated carbocycles. The quantitative estimate of drug-likeness (QED) is 0.535. The van der Waals surface area contributed by atoms with Gasteiger partial charge in [-0.05, 0) is 109 Å². The molecular formula is C25H31NO. The zero-order valence-corrected chi connectivity index (χ0v) is 16.3. The predicted molar refractivity (Wildman–Crippen MR) is 101 cm³/mol. The van der Waals surface area contributed by atoms with E-state index in [-0.39, 0.29) is 0 Å². The third-order valence-corrected chi connectivity index (χ3v) is 11.8. The minimum atomic E-state index is 0.608. The zero-order valence-electron chi connectivity index (χ0n) is 16.3. The first-order valence-corrected chi connectivity index (χ1v) is 12.0. The molecule has 2 saturated heterocycles. The Labute approximate surface area is 162 Å². The zero-order chi connectivity index (χ0) is 17.6. The highest BCUT2D eigenvalue weighted by Gasteiger charge is 2.77. The molecule has 0 aromatic rings. The monoisotopic (exact) mass is 361 g/mol. The molecule has 8 bridgehead atoms. The Bertz CT molecular complexity index is 782. The largest absolute Gasteiger partial charge is 0.374 e.